The van der Waals surface area contributed by atoms with Crippen molar-refractivity contribution in [2.75, 3.05) is 13.2 Å². The summed E-state index contributed by atoms with van der Waals surface area (Å²) in [5.41, 5.74) is 1.23. The molecule has 0 bridgehead atoms. The van der Waals surface area contributed by atoms with Gasteiger partial charge in [-0.2, -0.15) is 0 Å². The molecule has 0 spiro atoms. The van der Waals surface area contributed by atoms with Crippen molar-refractivity contribution in [2.45, 2.75) is 13.8 Å². The molecule has 0 aliphatic heterocycles. The fourth-order valence-electron chi connectivity index (χ4n) is 2.23. The van der Waals surface area contributed by atoms with Crippen molar-refractivity contribution in [3.05, 3.63) is 56.4 Å². The van der Waals surface area contributed by atoms with E-state index in [0.717, 1.165) is 21.4 Å². The molecular formula is C18H20N2O4. The first kappa shape index (κ1) is 17.4. The van der Waals surface area contributed by atoms with Gasteiger partial charge in [0.2, 0.25) is 5.75 Å². The predicted molar refractivity (Wildman–Crippen MR) is 91.6 cm³/mol. The lowest BCUT2D eigenvalue weighted by molar-refractivity contribution is 0.351. The number of ether oxygens (including phenoxy) is 2. The lowest BCUT2D eigenvalue weighted by Crippen LogP contribution is -2.37. The molecule has 1 aromatic heterocycles. The summed E-state index contributed by atoms with van der Waals surface area (Å²) < 4.78 is 13.3. The molecule has 0 atom stereocenters. The standard InChI is InChI=1S/C18H20N2O4/c1-13-8-7-9-14(2)16(13)24-11-6-5-10-23-15-12-19(3)18(22)20(4)17(15)21/h7-9,12H,10-11H2,1-4H3. The van der Waals surface area contributed by atoms with Crippen molar-refractivity contribution >= 4 is 0 Å². The molecule has 2 aromatic rings. The van der Waals surface area contributed by atoms with Crippen LogP contribution in [0.1, 0.15) is 11.1 Å². The first-order valence-corrected chi connectivity index (χ1v) is 7.46. The molecule has 0 unspecified atom stereocenters. The minimum absolute atomic E-state index is 0.0452. The van der Waals surface area contributed by atoms with Crippen LogP contribution in [0.15, 0.2) is 34.0 Å². The highest BCUT2D eigenvalue weighted by molar-refractivity contribution is 5.39. The molecule has 0 saturated heterocycles. The highest BCUT2D eigenvalue weighted by atomic mass is 16.5. The van der Waals surface area contributed by atoms with Crippen LogP contribution in [0.5, 0.6) is 11.5 Å². The maximum Gasteiger partial charge on any atom is 0.330 e. The Bertz CT molecular complexity index is 893. The number of para-hydroxylation sites is 1. The van der Waals surface area contributed by atoms with Gasteiger partial charge < -0.3 is 9.47 Å². The molecule has 6 nitrogen and oxygen atoms in total. The van der Waals surface area contributed by atoms with Crippen LogP contribution in [0.4, 0.5) is 0 Å². The Balaban J connectivity index is 1.94. The normalized spacial score (nSPS) is 10.0. The third-order valence-electron chi connectivity index (χ3n) is 3.54. The third kappa shape index (κ3) is 3.87. The summed E-state index contributed by atoms with van der Waals surface area (Å²) in [6.45, 7) is 4.24. The van der Waals surface area contributed by atoms with Gasteiger partial charge in [0.1, 0.15) is 19.0 Å². The molecule has 1 aromatic carbocycles. The van der Waals surface area contributed by atoms with E-state index in [1.54, 1.807) is 7.05 Å². The quantitative estimate of drug-likeness (QED) is 0.790. The zero-order chi connectivity index (χ0) is 17.7. The average molecular weight is 328 g/mol. The van der Waals surface area contributed by atoms with Crippen LogP contribution in [0.3, 0.4) is 0 Å². The minimum atomic E-state index is -0.480. The molecule has 0 fully saturated rings. The summed E-state index contributed by atoms with van der Waals surface area (Å²) in [5, 5.41) is 0. The van der Waals surface area contributed by atoms with Gasteiger partial charge >= 0.3 is 5.69 Å². The molecule has 24 heavy (non-hydrogen) atoms. The van der Waals surface area contributed by atoms with E-state index in [1.807, 2.05) is 32.0 Å². The third-order valence-corrected chi connectivity index (χ3v) is 3.54. The molecule has 2 rings (SSSR count). The van der Waals surface area contributed by atoms with E-state index in [4.69, 9.17) is 9.47 Å². The van der Waals surface area contributed by atoms with Crippen LogP contribution in [0.25, 0.3) is 0 Å². The number of hydrogen-bond acceptors (Lipinski definition) is 4. The monoisotopic (exact) mass is 328 g/mol. The Hall–Kier alpha value is -2.94. The topological polar surface area (TPSA) is 62.5 Å². The van der Waals surface area contributed by atoms with E-state index in [2.05, 4.69) is 11.8 Å². The summed E-state index contributed by atoms with van der Waals surface area (Å²) in [5.74, 6) is 6.56. The van der Waals surface area contributed by atoms with Gasteiger partial charge in [-0.25, -0.2) is 4.79 Å². The fourth-order valence-corrected chi connectivity index (χ4v) is 2.23. The van der Waals surface area contributed by atoms with Gasteiger partial charge in [0.05, 0.1) is 6.20 Å². The largest absolute Gasteiger partial charge is 0.480 e. The Morgan fingerprint density at radius 2 is 1.58 bits per heavy atom. The molecule has 0 N–H and O–H groups in total. The van der Waals surface area contributed by atoms with Crippen molar-refractivity contribution in [1.29, 1.82) is 0 Å². The van der Waals surface area contributed by atoms with Crippen molar-refractivity contribution in [3.8, 4) is 23.3 Å². The Morgan fingerprint density at radius 1 is 1.00 bits per heavy atom. The van der Waals surface area contributed by atoms with Gasteiger partial charge in [-0.3, -0.25) is 13.9 Å². The summed E-state index contributed by atoms with van der Waals surface area (Å²) in [7, 11) is 2.96. The van der Waals surface area contributed by atoms with Crippen LogP contribution in [0, 0.1) is 25.7 Å². The van der Waals surface area contributed by atoms with E-state index >= 15 is 0 Å². The molecule has 0 amide bonds. The molecule has 1 heterocycles. The SMILES string of the molecule is Cc1cccc(C)c1OCC#CCOc1cn(C)c(=O)n(C)c1=O. The zero-order valence-electron chi connectivity index (χ0n) is 14.3. The smallest absolute Gasteiger partial charge is 0.330 e. The van der Waals surface area contributed by atoms with E-state index in [9.17, 15) is 9.59 Å². The van der Waals surface area contributed by atoms with Crippen LogP contribution in [-0.4, -0.2) is 22.3 Å². The minimum Gasteiger partial charge on any atom is -0.480 e. The molecular weight excluding hydrogens is 308 g/mol. The molecule has 0 aliphatic rings. The van der Waals surface area contributed by atoms with Crippen molar-refractivity contribution in [2.24, 2.45) is 14.1 Å². The first-order valence-electron chi connectivity index (χ1n) is 7.46. The maximum atomic E-state index is 11.9. The molecule has 6 heteroatoms. The van der Waals surface area contributed by atoms with Crippen LogP contribution in [-0.2, 0) is 14.1 Å². The average Bonchev–Trinajstić information content (AvgIpc) is 2.55. The van der Waals surface area contributed by atoms with Gasteiger partial charge in [-0.05, 0) is 25.0 Å². The highest BCUT2D eigenvalue weighted by Crippen LogP contribution is 2.21. The zero-order valence-corrected chi connectivity index (χ0v) is 14.3. The number of nitrogens with zero attached hydrogens (tertiary/aromatic N) is 2. The second kappa shape index (κ2) is 7.55. The lowest BCUT2D eigenvalue weighted by Gasteiger charge is -2.09. The number of hydrogen-bond donors (Lipinski definition) is 0. The van der Waals surface area contributed by atoms with Crippen molar-refractivity contribution < 1.29 is 9.47 Å². The van der Waals surface area contributed by atoms with Gasteiger partial charge in [0, 0.05) is 14.1 Å². The molecule has 0 saturated carbocycles. The van der Waals surface area contributed by atoms with E-state index in [0.29, 0.717) is 0 Å². The number of aryl methyl sites for hydroxylation is 3. The van der Waals surface area contributed by atoms with Gasteiger partial charge in [-0.15, -0.1) is 0 Å². The number of rotatable bonds is 4. The van der Waals surface area contributed by atoms with Gasteiger partial charge in [0.25, 0.3) is 5.56 Å². The molecule has 0 aliphatic carbocycles. The Kier molecular flexibility index (Phi) is 5.48. The van der Waals surface area contributed by atoms with Crippen LogP contribution in [0.2, 0.25) is 0 Å². The second-order valence-electron chi connectivity index (χ2n) is 5.40. The Labute approximate surface area is 140 Å². The van der Waals surface area contributed by atoms with E-state index < -0.39 is 11.2 Å². The maximum absolute atomic E-state index is 11.9. The summed E-state index contributed by atoms with van der Waals surface area (Å²) in [6.07, 6.45) is 1.36. The summed E-state index contributed by atoms with van der Waals surface area (Å²) in [6, 6.07) is 5.94. The number of aromatic nitrogens is 2. The number of benzene rings is 1. The first-order chi connectivity index (χ1) is 11.4. The van der Waals surface area contributed by atoms with Crippen LogP contribution >= 0.6 is 0 Å². The van der Waals surface area contributed by atoms with Gasteiger partial charge in [0.15, 0.2) is 0 Å². The van der Waals surface area contributed by atoms with Crippen LogP contribution < -0.4 is 20.7 Å². The summed E-state index contributed by atoms with van der Waals surface area (Å²) in [4.78, 5) is 23.4. The lowest BCUT2D eigenvalue weighted by atomic mass is 10.1. The highest BCUT2D eigenvalue weighted by Gasteiger charge is 2.06. The van der Waals surface area contributed by atoms with E-state index in [-0.39, 0.29) is 19.0 Å². The second-order valence-corrected chi connectivity index (χ2v) is 5.40. The van der Waals surface area contributed by atoms with Crippen molar-refractivity contribution in [3.63, 3.8) is 0 Å². The fraction of sp³-hybridized carbons (Fsp3) is 0.333. The van der Waals surface area contributed by atoms with Gasteiger partial charge in [-0.1, -0.05) is 30.0 Å². The predicted octanol–water partition coefficient (Wildman–Crippen LogP) is 1.16. The van der Waals surface area contributed by atoms with E-state index in [1.165, 1.54) is 17.8 Å². The Morgan fingerprint density at radius 3 is 2.21 bits per heavy atom. The van der Waals surface area contributed by atoms with Crippen molar-refractivity contribution in [1.82, 2.24) is 9.13 Å². The molecule has 0 radical (unpaired) electrons. The summed E-state index contributed by atoms with van der Waals surface area (Å²) >= 11 is 0. The molecule has 126 valence electrons.